The molecule has 3 nitrogen and oxygen atoms in total. The Labute approximate surface area is 118 Å². The highest BCUT2D eigenvalue weighted by molar-refractivity contribution is 5.57. The lowest BCUT2D eigenvalue weighted by Crippen LogP contribution is -2.01. The molecule has 0 amide bonds. The SMILES string of the molecule is Cc1ccc(-c2cn(CCc3ccccc3)nn2)cc1. The summed E-state index contributed by atoms with van der Waals surface area (Å²) in [6.07, 6.45) is 2.98. The third-order valence-corrected chi connectivity index (χ3v) is 3.36. The Morgan fingerprint density at radius 3 is 2.45 bits per heavy atom. The maximum Gasteiger partial charge on any atom is 0.113 e. The van der Waals surface area contributed by atoms with Crippen molar-refractivity contribution in [2.45, 2.75) is 19.9 Å². The minimum Gasteiger partial charge on any atom is -0.252 e. The Balaban J connectivity index is 1.69. The van der Waals surface area contributed by atoms with Crippen LogP contribution in [0.4, 0.5) is 0 Å². The first-order valence-electron chi connectivity index (χ1n) is 6.82. The standard InChI is InChI=1S/C17H17N3/c1-14-7-9-16(10-8-14)17-13-20(19-18-17)12-11-15-5-3-2-4-6-15/h2-10,13H,11-12H2,1H3. The predicted molar refractivity (Wildman–Crippen MR) is 80.3 cm³/mol. The zero-order valence-corrected chi connectivity index (χ0v) is 11.5. The summed E-state index contributed by atoms with van der Waals surface area (Å²) >= 11 is 0. The molecule has 0 spiro atoms. The van der Waals surface area contributed by atoms with Crippen LogP contribution in [0.2, 0.25) is 0 Å². The number of rotatable bonds is 4. The fraction of sp³-hybridized carbons (Fsp3) is 0.176. The number of hydrogen-bond acceptors (Lipinski definition) is 2. The monoisotopic (exact) mass is 263 g/mol. The van der Waals surface area contributed by atoms with E-state index in [-0.39, 0.29) is 0 Å². The van der Waals surface area contributed by atoms with Crippen LogP contribution >= 0.6 is 0 Å². The van der Waals surface area contributed by atoms with Gasteiger partial charge in [-0.2, -0.15) is 0 Å². The Morgan fingerprint density at radius 2 is 1.70 bits per heavy atom. The molecule has 0 fully saturated rings. The summed E-state index contributed by atoms with van der Waals surface area (Å²) in [6, 6.07) is 18.8. The lowest BCUT2D eigenvalue weighted by atomic mass is 10.1. The van der Waals surface area contributed by atoms with E-state index in [4.69, 9.17) is 0 Å². The number of aryl methyl sites for hydroxylation is 3. The van der Waals surface area contributed by atoms with Crippen LogP contribution in [-0.4, -0.2) is 15.0 Å². The number of nitrogens with zero attached hydrogens (tertiary/aromatic N) is 3. The van der Waals surface area contributed by atoms with Crippen molar-refractivity contribution in [3.05, 3.63) is 71.9 Å². The topological polar surface area (TPSA) is 30.7 Å². The van der Waals surface area contributed by atoms with Gasteiger partial charge >= 0.3 is 0 Å². The van der Waals surface area contributed by atoms with Gasteiger partial charge < -0.3 is 0 Å². The predicted octanol–water partition coefficient (Wildman–Crippen LogP) is 3.50. The van der Waals surface area contributed by atoms with E-state index in [2.05, 4.69) is 65.8 Å². The van der Waals surface area contributed by atoms with E-state index < -0.39 is 0 Å². The number of aromatic nitrogens is 3. The summed E-state index contributed by atoms with van der Waals surface area (Å²) in [7, 11) is 0. The van der Waals surface area contributed by atoms with Crippen molar-refractivity contribution in [2.75, 3.05) is 0 Å². The molecule has 0 aliphatic rings. The zero-order valence-electron chi connectivity index (χ0n) is 11.5. The average Bonchev–Trinajstić information content (AvgIpc) is 2.96. The van der Waals surface area contributed by atoms with Gasteiger partial charge in [0.25, 0.3) is 0 Å². The van der Waals surface area contributed by atoms with Gasteiger partial charge in [0, 0.05) is 12.1 Å². The molecule has 0 aliphatic carbocycles. The van der Waals surface area contributed by atoms with E-state index in [0.717, 1.165) is 24.2 Å². The normalized spacial score (nSPS) is 10.7. The molecule has 0 unspecified atom stereocenters. The highest BCUT2D eigenvalue weighted by Crippen LogP contribution is 2.16. The fourth-order valence-electron chi connectivity index (χ4n) is 2.15. The highest BCUT2D eigenvalue weighted by atomic mass is 15.4. The molecule has 0 bridgehead atoms. The van der Waals surface area contributed by atoms with Gasteiger partial charge in [0.15, 0.2) is 0 Å². The third-order valence-electron chi connectivity index (χ3n) is 3.36. The van der Waals surface area contributed by atoms with Gasteiger partial charge in [0.2, 0.25) is 0 Å². The van der Waals surface area contributed by atoms with E-state index in [0.29, 0.717) is 0 Å². The van der Waals surface area contributed by atoms with Crippen molar-refractivity contribution >= 4 is 0 Å². The quantitative estimate of drug-likeness (QED) is 0.721. The van der Waals surface area contributed by atoms with Gasteiger partial charge in [0.05, 0.1) is 6.20 Å². The van der Waals surface area contributed by atoms with Crippen LogP contribution in [0.1, 0.15) is 11.1 Å². The minimum atomic E-state index is 0.850. The Bertz CT molecular complexity index is 669. The number of hydrogen-bond donors (Lipinski definition) is 0. The van der Waals surface area contributed by atoms with Crippen LogP contribution in [0, 0.1) is 6.92 Å². The first kappa shape index (κ1) is 12.6. The van der Waals surface area contributed by atoms with Gasteiger partial charge in [-0.1, -0.05) is 65.4 Å². The van der Waals surface area contributed by atoms with Gasteiger partial charge in [-0.05, 0) is 18.9 Å². The summed E-state index contributed by atoms with van der Waals surface area (Å²) in [6.45, 7) is 2.93. The molecule has 1 aromatic heterocycles. The molecular weight excluding hydrogens is 246 g/mol. The van der Waals surface area contributed by atoms with Gasteiger partial charge in [-0.3, -0.25) is 4.68 Å². The van der Waals surface area contributed by atoms with Gasteiger partial charge in [0.1, 0.15) is 5.69 Å². The highest BCUT2D eigenvalue weighted by Gasteiger charge is 2.03. The van der Waals surface area contributed by atoms with Gasteiger partial charge in [-0.25, -0.2) is 0 Å². The van der Waals surface area contributed by atoms with Crippen LogP contribution in [0.25, 0.3) is 11.3 Å². The molecule has 1 heterocycles. The molecule has 2 aromatic carbocycles. The van der Waals surface area contributed by atoms with Crippen LogP contribution in [-0.2, 0) is 13.0 Å². The maximum atomic E-state index is 4.24. The molecule has 0 atom stereocenters. The molecule has 0 aliphatic heterocycles. The number of benzene rings is 2. The molecular formula is C17H17N3. The van der Waals surface area contributed by atoms with Crippen LogP contribution in [0.15, 0.2) is 60.8 Å². The summed E-state index contributed by atoms with van der Waals surface area (Å²) in [5.41, 5.74) is 4.62. The van der Waals surface area contributed by atoms with E-state index in [9.17, 15) is 0 Å². The van der Waals surface area contributed by atoms with E-state index >= 15 is 0 Å². The third kappa shape index (κ3) is 2.94. The van der Waals surface area contributed by atoms with Crippen molar-refractivity contribution in [2.24, 2.45) is 0 Å². The van der Waals surface area contributed by atoms with E-state index in [1.165, 1.54) is 11.1 Å². The van der Waals surface area contributed by atoms with Crippen LogP contribution in [0.5, 0.6) is 0 Å². The second-order valence-corrected chi connectivity index (χ2v) is 4.97. The Morgan fingerprint density at radius 1 is 0.950 bits per heavy atom. The van der Waals surface area contributed by atoms with Gasteiger partial charge in [-0.15, -0.1) is 5.10 Å². The molecule has 0 saturated heterocycles. The molecule has 3 rings (SSSR count). The summed E-state index contributed by atoms with van der Waals surface area (Å²) < 4.78 is 1.90. The lowest BCUT2D eigenvalue weighted by molar-refractivity contribution is 0.589. The second-order valence-electron chi connectivity index (χ2n) is 4.97. The average molecular weight is 263 g/mol. The van der Waals surface area contributed by atoms with Crippen molar-refractivity contribution < 1.29 is 0 Å². The van der Waals surface area contributed by atoms with E-state index in [1.807, 2.05) is 16.9 Å². The molecule has 3 heteroatoms. The molecule has 0 N–H and O–H groups in total. The zero-order chi connectivity index (χ0) is 13.8. The Kier molecular flexibility index (Phi) is 3.59. The van der Waals surface area contributed by atoms with Crippen LogP contribution in [0.3, 0.4) is 0 Å². The van der Waals surface area contributed by atoms with Crippen molar-refractivity contribution in [1.82, 2.24) is 15.0 Å². The Hall–Kier alpha value is -2.42. The maximum absolute atomic E-state index is 4.24. The van der Waals surface area contributed by atoms with E-state index in [1.54, 1.807) is 0 Å². The molecule has 0 saturated carbocycles. The fourth-order valence-corrected chi connectivity index (χ4v) is 2.15. The largest absolute Gasteiger partial charge is 0.252 e. The summed E-state index contributed by atoms with van der Waals surface area (Å²) in [5.74, 6) is 0. The van der Waals surface area contributed by atoms with Crippen molar-refractivity contribution in [1.29, 1.82) is 0 Å². The van der Waals surface area contributed by atoms with Crippen molar-refractivity contribution in [3.63, 3.8) is 0 Å². The van der Waals surface area contributed by atoms with Crippen molar-refractivity contribution in [3.8, 4) is 11.3 Å². The summed E-state index contributed by atoms with van der Waals surface area (Å²) in [5, 5.41) is 8.44. The van der Waals surface area contributed by atoms with Crippen LogP contribution < -0.4 is 0 Å². The minimum absolute atomic E-state index is 0.850. The molecule has 3 aromatic rings. The lowest BCUT2D eigenvalue weighted by Gasteiger charge is -2.00. The second kappa shape index (κ2) is 5.70. The molecule has 20 heavy (non-hydrogen) atoms. The first-order chi connectivity index (χ1) is 9.81. The smallest absolute Gasteiger partial charge is 0.113 e. The summed E-state index contributed by atoms with van der Waals surface area (Å²) in [4.78, 5) is 0. The first-order valence-corrected chi connectivity index (χ1v) is 6.82. The molecule has 100 valence electrons. The molecule has 0 radical (unpaired) electrons.